The van der Waals surface area contributed by atoms with Gasteiger partial charge >= 0.3 is 0 Å². The Bertz CT molecular complexity index is 1170. The number of hydrogen-bond acceptors (Lipinski definition) is 6. The third kappa shape index (κ3) is 2.71. The molecule has 1 aliphatic rings. The number of hydrogen-bond donors (Lipinski definition) is 2. The first kappa shape index (κ1) is 16.8. The van der Waals surface area contributed by atoms with E-state index in [1.807, 2.05) is 0 Å². The first-order chi connectivity index (χ1) is 13.0. The summed E-state index contributed by atoms with van der Waals surface area (Å²) in [5.74, 6) is -0.253. The van der Waals surface area contributed by atoms with Gasteiger partial charge in [-0.1, -0.05) is 12.1 Å². The molecule has 0 saturated carbocycles. The van der Waals surface area contributed by atoms with Crippen LogP contribution in [-0.2, 0) is 4.79 Å². The maximum atomic E-state index is 14.1. The van der Waals surface area contributed by atoms with Crippen LogP contribution in [0.15, 0.2) is 53.1 Å². The number of aromatic amines is 1. The minimum absolute atomic E-state index is 0.0375. The number of rotatable bonds is 3. The summed E-state index contributed by atoms with van der Waals surface area (Å²) in [6, 6.07) is 10.8. The number of nitrogens with two attached hydrogens (primary N) is 1. The summed E-state index contributed by atoms with van der Waals surface area (Å²) in [6.07, 6.45) is 0. The Labute approximate surface area is 152 Å². The number of fused-ring (bicyclic) bond motifs is 1. The van der Waals surface area contributed by atoms with Crippen molar-refractivity contribution in [3.05, 3.63) is 70.3 Å². The number of aromatic nitrogens is 2. The van der Waals surface area contributed by atoms with Crippen LogP contribution in [-0.4, -0.2) is 29.4 Å². The average molecular weight is 366 g/mol. The SMILES string of the molecule is COc1ccc2c(=O)[nH]c(C3=C(N)N(c4ccccc4F)CC3=O)nc2c1. The fourth-order valence-electron chi connectivity index (χ4n) is 3.09. The van der Waals surface area contributed by atoms with Crippen molar-refractivity contribution in [2.24, 2.45) is 5.73 Å². The Hall–Kier alpha value is -3.68. The van der Waals surface area contributed by atoms with Gasteiger partial charge in [0.25, 0.3) is 5.56 Å². The maximum Gasteiger partial charge on any atom is 0.259 e. The van der Waals surface area contributed by atoms with Crippen LogP contribution in [0.3, 0.4) is 0 Å². The number of benzene rings is 2. The second kappa shape index (κ2) is 6.24. The summed E-state index contributed by atoms with van der Waals surface area (Å²) in [4.78, 5) is 33.3. The van der Waals surface area contributed by atoms with Gasteiger partial charge in [-0.25, -0.2) is 9.37 Å². The molecular formula is C19H15FN4O3. The van der Waals surface area contributed by atoms with Crippen LogP contribution < -0.4 is 20.9 Å². The van der Waals surface area contributed by atoms with Crippen LogP contribution in [0.1, 0.15) is 5.82 Å². The van der Waals surface area contributed by atoms with Crippen molar-refractivity contribution in [1.29, 1.82) is 0 Å². The van der Waals surface area contributed by atoms with E-state index in [1.54, 1.807) is 30.3 Å². The number of nitrogens with zero attached hydrogens (tertiary/aromatic N) is 2. The highest BCUT2D eigenvalue weighted by Crippen LogP contribution is 2.30. The molecule has 0 spiro atoms. The third-order valence-corrected chi connectivity index (χ3v) is 4.42. The van der Waals surface area contributed by atoms with Gasteiger partial charge in [-0.2, -0.15) is 0 Å². The zero-order valence-electron chi connectivity index (χ0n) is 14.3. The molecule has 7 nitrogen and oxygen atoms in total. The zero-order valence-corrected chi connectivity index (χ0v) is 14.3. The van der Waals surface area contributed by atoms with Crippen LogP contribution in [0.5, 0.6) is 5.75 Å². The van der Waals surface area contributed by atoms with Gasteiger partial charge in [0.2, 0.25) is 0 Å². The van der Waals surface area contributed by atoms with E-state index in [-0.39, 0.29) is 35.2 Å². The van der Waals surface area contributed by atoms with Crippen LogP contribution in [0.25, 0.3) is 16.5 Å². The summed E-state index contributed by atoms with van der Waals surface area (Å²) >= 11 is 0. The molecular weight excluding hydrogens is 351 g/mol. The number of para-hydroxylation sites is 1. The van der Waals surface area contributed by atoms with E-state index in [0.29, 0.717) is 16.7 Å². The number of halogens is 1. The molecule has 2 aromatic carbocycles. The number of methoxy groups -OCH3 is 1. The Morgan fingerprint density at radius 3 is 2.74 bits per heavy atom. The van der Waals surface area contributed by atoms with Crippen molar-refractivity contribution in [2.45, 2.75) is 0 Å². The van der Waals surface area contributed by atoms with Gasteiger partial charge < -0.3 is 20.4 Å². The van der Waals surface area contributed by atoms with Crippen LogP contribution in [0, 0.1) is 5.82 Å². The molecule has 1 aromatic heterocycles. The van der Waals surface area contributed by atoms with Gasteiger partial charge in [0.1, 0.15) is 28.8 Å². The lowest BCUT2D eigenvalue weighted by Crippen LogP contribution is -2.26. The smallest absolute Gasteiger partial charge is 0.259 e. The van der Waals surface area contributed by atoms with E-state index in [9.17, 15) is 14.0 Å². The Morgan fingerprint density at radius 2 is 2.00 bits per heavy atom. The number of H-pyrrole nitrogens is 1. The summed E-state index contributed by atoms with van der Waals surface area (Å²) in [6.45, 7) is -0.137. The predicted octanol–water partition coefficient (Wildman–Crippen LogP) is 1.79. The molecule has 0 saturated heterocycles. The highest BCUT2D eigenvalue weighted by molar-refractivity contribution is 6.25. The van der Waals surface area contributed by atoms with E-state index in [4.69, 9.17) is 10.5 Å². The molecule has 0 aliphatic carbocycles. The Morgan fingerprint density at radius 1 is 1.22 bits per heavy atom. The molecule has 136 valence electrons. The number of nitrogens with one attached hydrogen (secondary N) is 1. The summed E-state index contributed by atoms with van der Waals surface area (Å²) < 4.78 is 19.3. The van der Waals surface area contributed by atoms with Crippen LogP contribution in [0.2, 0.25) is 0 Å². The van der Waals surface area contributed by atoms with Gasteiger partial charge in [-0.05, 0) is 24.3 Å². The van der Waals surface area contributed by atoms with Crippen molar-refractivity contribution in [3.63, 3.8) is 0 Å². The van der Waals surface area contributed by atoms with Gasteiger partial charge in [-0.15, -0.1) is 0 Å². The normalized spacial score (nSPS) is 14.3. The fraction of sp³-hybridized carbons (Fsp3) is 0.105. The zero-order chi connectivity index (χ0) is 19.1. The van der Waals surface area contributed by atoms with Crippen molar-refractivity contribution >= 4 is 27.9 Å². The predicted molar refractivity (Wildman–Crippen MR) is 98.8 cm³/mol. The lowest BCUT2D eigenvalue weighted by atomic mass is 10.1. The van der Waals surface area contributed by atoms with E-state index in [1.165, 1.54) is 24.1 Å². The Balaban J connectivity index is 1.88. The van der Waals surface area contributed by atoms with E-state index >= 15 is 0 Å². The second-order valence-electron chi connectivity index (χ2n) is 6.02. The summed E-state index contributed by atoms with van der Waals surface area (Å²) in [5, 5.41) is 0.357. The molecule has 1 aliphatic heterocycles. The van der Waals surface area contributed by atoms with Crippen molar-refractivity contribution < 1.29 is 13.9 Å². The molecule has 3 N–H and O–H groups in total. The number of anilines is 1. The standard InChI is InChI=1S/C19H15FN4O3/c1-27-10-6-7-11-13(8-10)22-18(23-19(11)26)16-15(25)9-24(17(16)21)14-5-3-2-4-12(14)20/h2-8H,9,21H2,1H3,(H,22,23,26). The number of Topliss-reactive ketones (excluding diaryl/α,β-unsaturated/α-hetero) is 1. The average Bonchev–Trinajstić information content (AvgIpc) is 2.95. The molecule has 3 aromatic rings. The first-order valence-corrected chi connectivity index (χ1v) is 8.13. The molecule has 0 fully saturated rings. The van der Waals surface area contributed by atoms with Gasteiger partial charge in [0.05, 0.1) is 30.2 Å². The van der Waals surface area contributed by atoms with Gasteiger partial charge in [0, 0.05) is 6.07 Å². The maximum absolute atomic E-state index is 14.1. The largest absolute Gasteiger partial charge is 0.497 e. The molecule has 8 heteroatoms. The molecule has 2 heterocycles. The molecule has 0 atom stereocenters. The molecule has 0 radical (unpaired) electrons. The number of ether oxygens (including phenoxy) is 1. The van der Waals surface area contributed by atoms with Crippen LogP contribution in [0.4, 0.5) is 10.1 Å². The number of carbonyl (C=O) groups excluding carboxylic acids is 1. The topological polar surface area (TPSA) is 101 Å². The van der Waals surface area contributed by atoms with Crippen molar-refractivity contribution in [2.75, 3.05) is 18.6 Å². The molecule has 27 heavy (non-hydrogen) atoms. The van der Waals surface area contributed by atoms with E-state index in [2.05, 4.69) is 9.97 Å². The van der Waals surface area contributed by atoms with Crippen molar-refractivity contribution in [1.82, 2.24) is 9.97 Å². The number of ketones is 1. The molecule has 4 rings (SSSR count). The summed E-state index contributed by atoms with van der Waals surface area (Å²) in [5.41, 5.74) is 6.33. The lowest BCUT2D eigenvalue weighted by Gasteiger charge is -2.19. The minimum atomic E-state index is -0.501. The molecule has 0 bridgehead atoms. The minimum Gasteiger partial charge on any atom is -0.497 e. The quantitative estimate of drug-likeness (QED) is 0.733. The lowest BCUT2D eigenvalue weighted by molar-refractivity contribution is -0.112. The van der Waals surface area contributed by atoms with Crippen LogP contribution >= 0.6 is 0 Å². The third-order valence-electron chi connectivity index (χ3n) is 4.42. The van der Waals surface area contributed by atoms with Crippen molar-refractivity contribution in [3.8, 4) is 5.75 Å². The van der Waals surface area contributed by atoms with Gasteiger partial charge in [0.15, 0.2) is 5.78 Å². The molecule has 0 unspecified atom stereocenters. The first-order valence-electron chi connectivity index (χ1n) is 8.13. The highest BCUT2D eigenvalue weighted by atomic mass is 19.1. The van der Waals surface area contributed by atoms with Gasteiger partial charge in [-0.3, -0.25) is 9.59 Å². The van der Waals surface area contributed by atoms with E-state index in [0.717, 1.165) is 0 Å². The molecule has 0 amide bonds. The Kier molecular flexibility index (Phi) is 3.88. The fourth-order valence-corrected chi connectivity index (χ4v) is 3.09. The van der Waals surface area contributed by atoms with E-state index < -0.39 is 11.4 Å². The number of carbonyl (C=O) groups is 1. The second-order valence-corrected chi connectivity index (χ2v) is 6.02. The monoisotopic (exact) mass is 366 g/mol. The highest BCUT2D eigenvalue weighted by Gasteiger charge is 2.33. The summed E-state index contributed by atoms with van der Waals surface area (Å²) in [7, 11) is 1.50.